The second kappa shape index (κ2) is 8.17. The first kappa shape index (κ1) is 18.2. The number of furan rings is 1. The molecule has 1 aliphatic rings. The van der Waals surface area contributed by atoms with Gasteiger partial charge >= 0.3 is 0 Å². The highest BCUT2D eigenvalue weighted by atomic mass is 32.1. The quantitative estimate of drug-likeness (QED) is 0.705. The molecule has 0 atom stereocenters. The number of nitrogens with zero attached hydrogens (tertiary/aromatic N) is 2. The van der Waals surface area contributed by atoms with Crippen LogP contribution in [0.4, 0.5) is 0 Å². The van der Waals surface area contributed by atoms with Crippen LogP contribution < -0.4 is 20.1 Å². The first-order valence-electron chi connectivity index (χ1n) is 8.33. The summed E-state index contributed by atoms with van der Waals surface area (Å²) in [6, 6.07) is 5.57. The van der Waals surface area contributed by atoms with Crippen molar-refractivity contribution in [3.8, 4) is 6.07 Å². The predicted octanol–water partition coefficient (Wildman–Crippen LogP) is 0.321. The summed E-state index contributed by atoms with van der Waals surface area (Å²) in [5.74, 6) is 0.112. The SMILES string of the molecule is COCCCn1c(=C(C#N)C(=O)NC2CC2)sc(=Cc2ccco2)c1=O. The van der Waals surface area contributed by atoms with Crippen molar-refractivity contribution in [3.05, 3.63) is 43.7 Å². The van der Waals surface area contributed by atoms with Gasteiger partial charge in [-0.1, -0.05) is 0 Å². The van der Waals surface area contributed by atoms with Crippen molar-refractivity contribution in [1.29, 1.82) is 5.26 Å². The second-order valence-electron chi connectivity index (χ2n) is 5.97. The van der Waals surface area contributed by atoms with E-state index in [2.05, 4.69) is 5.32 Å². The lowest BCUT2D eigenvalue weighted by Crippen LogP contribution is -2.35. The summed E-state index contributed by atoms with van der Waals surface area (Å²) in [4.78, 5) is 25.2. The molecule has 0 spiro atoms. The largest absolute Gasteiger partial charge is 0.465 e. The molecule has 2 aromatic heterocycles. The van der Waals surface area contributed by atoms with Crippen LogP contribution in [0.1, 0.15) is 25.0 Å². The van der Waals surface area contributed by atoms with Crippen molar-refractivity contribution in [2.24, 2.45) is 0 Å². The lowest BCUT2D eigenvalue weighted by Gasteiger charge is -2.04. The minimum atomic E-state index is -0.429. The zero-order chi connectivity index (χ0) is 18.5. The zero-order valence-electron chi connectivity index (χ0n) is 14.4. The summed E-state index contributed by atoms with van der Waals surface area (Å²) >= 11 is 1.12. The van der Waals surface area contributed by atoms with E-state index in [4.69, 9.17) is 9.15 Å². The van der Waals surface area contributed by atoms with Crippen molar-refractivity contribution in [2.75, 3.05) is 13.7 Å². The fourth-order valence-corrected chi connectivity index (χ4v) is 3.56. The van der Waals surface area contributed by atoms with Gasteiger partial charge in [0.05, 0.1) is 10.8 Å². The van der Waals surface area contributed by atoms with E-state index >= 15 is 0 Å². The monoisotopic (exact) mass is 373 g/mol. The fourth-order valence-electron chi connectivity index (χ4n) is 2.46. The Balaban J connectivity index is 2.12. The number of rotatable bonds is 7. The number of hydrogen-bond acceptors (Lipinski definition) is 6. The van der Waals surface area contributed by atoms with E-state index in [1.54, 1.807) is 25.3 Å². The zero-order valence-corrected chi connectivity index (χ0v) is 15.2. The number of carbonyl (C=O) groups is 1. The van der Waals surface area contributed by atoms with Gasteiger partial charge in [0.15, 0.2) is 5.57 Å². The Morgan fingerprint density at radius 2 is 2.38 bits per heavy atom. The summed E-state index contributed by atoms with van der Waals surface area (Å²) < 4.78 is 12.6. The maximum absolute atomic E-state index is 12.8. The maximum Gasteiger partial charge on any atom is 0.269 e. The van der Waals surface area contributed by atoms with Gasteiger partial charge in [0.1, 0.15) is 16.5 Å². The van der Waals surface area contributed by atoms with E-state index in [0.29, 0.717) is 34.5 Å². The van der Waals surface area contributed by atoms with Gasteiger partial charge in [-0.3, -0.25) is 14.2 Å². The molecule has 26 heavy (non-hydrogen) atoms. The Morgan fingerprint density at radius 1 is 1.58 bits per heavy atom. The van der Waals surface area contributed by atoms with Crippen LogP contribution in [0.2, 0.25) is 0 Å². The molecule has 0 aliphatic heterocycles. The molecular weight excluding hydrogens is 354 g/mol. The van der Waals surface area contributed by atoms with E-state index < -0.39 is 5.91 Å². The average molecular weight is 373 g/mol. The van der Waals surface area contributed by atoms with Gasteiger partial charge in [-0.2, -0.15) is 5.26 Å². The molecule has 0 saturated heterocycles. The molecule has 0 aromatic carbocycles. The molecule has 1 aliphatic carbocycles. The smallest absolute Gasteiger partial charge is 0.269 e. The maximum atomic E-state index is 12.8. The fraction of sp³-hybridized carbons (Fsp3) is 0.389. The molecule has 8 heteroatoms. The van der Waals surface area contributed by atoms with E-state index in [1.807, 2.05) is 6.07 Å². The average Bonchev–Trinajstić information content (AvgIpc) is 3.19. The van der Waals surface area contributed by atoms with Gasteiger partial charge < -0.3 is 14.5 Å². The highest BCUT2D eigenvalue weighted by Crippen LogP contribution is 2.19. The topological polar surface area (TPSA) is 97.3 Å². The van der Waals surface area contributed by atoms with Gasteiger partial charge in [-0.05, 0) is 31.4 Å². The lowest BCUT2D eigenvalue weighted by atomic mass is 10.3. The Kier molecular flexibility index (Phi) is 5.71. The Labute approximate surface area is 153 Å². The predicted molar refractivity (Wildman–Crippen MR) is 96.8 cm³/mol. The summed E-state index contributed by atoms with van der Waals surface area (Å²) in [7, 11) is 1.59. The number of ether oxygens (including phenoxy) is 1. The summed E-state index contributed by atoms with van der Waals surface area (Å²) in [6.45, 7) is 0.849. The number of hydrogen-bond donors (Lipinski definition) is 1. The third-order valence-electron chi connectivity index (χ3n) is 3.92. The molecule has 1 amide bonds. The van der Waals surface area contributed by atoms with E-state index in [9.17, 15) is 14.9 Å². The molecule has 0 bridgehead atoms. The number of thiazole rings is 1. The highest BCUT2D eigenvalue weighted by Gasteiger charge is 2.26. The molecule has 1 N–H and O–H groups in total. The molecular formula is C18H19N3O4S. The molecule has 3 rings (SSSR count). The van der Waals surface area contributed by atoms with Crippen LogP contribution in [-0.2, 0) is 16.1 Å². The van der Waals surface area contributed by atoms with Crippen molar-refractivity contribution >= 4 is 28.9 Å². The molecule has 2 aromatic rings. The minimum absolute atomic E-state index is 0.0319. The van der Waals surface area contributed by atoms with Crippen molar-refractivity contribution < 1.29 is 13.9 Å². The molecule has 7 nitrogen and oxygen atoms in total. The van der Waals surface area contributed by atoms with Gasteiger partial charge in [0.25, 0.3) is 11.5 Å². The van der Waals surface area contributed by atoms with Crippen LogP contribution in [0, 0.1) is 11.3 Å². The molecule has 2 heterocycles. The van der Waals surface area contributed by atoms with Crippen LogP contribution in [0.25, 0.3) is 11.6 Å². The van der Waals surface area contributed by atoms with Crippen molar-refractivity contribution in [3.63, 3.8) is 0 Å². The van der Waals surface area contributed by atoms with Crippen LogP contribution in [0.5, 0.6) is 0 Å². The van der Waals surface area contributed by atoms with Crippen molar-refractivity contribution in [1.82, 2.24) is 9.88 Å². The van der Waals surface area contributed by atoms with E-state index in [1.165, 1.54) is 10.8 Å². The number of nitriles is 1. The number of nitrogens with one attached hydrogen (secondary N) is 1. The third-order valence-corrected chi connectivity index (χ3v) is 5.05. The Bertz CT molecular complexity index is 991. The number of amides is 1. The standard InChI is InChI=1S/C18H19N3O4S/c1-24-8-3-7-21-17(23)15(10-13-4-2-9-25-13)26-18(21)14(11-19)16(22)20-12-5-6-12/h2,4,9-10,12H,3,5-8H2,1H3,(H,20,22). The van der Waals surface area contributed by atoms with Gasteiger partial charge in [0, 0.05) is 32.4 Å². The van der Waals surface area contributed by atoms with E-state index in [-0.39, 0.29) is 17.2 Å². The van der Waals surface area contributed by atoms with Crippen molar-refractivity contribution in [2.45, 2.75) is 31.8 Å². The lowest BCUT2D eigenvalue weighted by molar-refractivity contribution is -0.115. The second-order valence-corrected chi connectivity index (χ2v) is 7.00. The van der Waals surface area contributed by atoms with Gasteiger partial charge in [0.2, 0.25) is 0 Å². The van der Waals surface area contributed by atoms with Crippen LogP contribution in [0.15, 0.2) is 27.6 Å². The molecule has 1 saturated carbocycles. The Morgan fingerprint density at radius 3 is 3.00 bits per heavy atom. The third kappa shape index (κ3) is 4.12. The van der Waals surface area contributed by atoms with Crippen LogP contribution >= 0.6 is 11.3 Å². The number of aromatic nitrogens is 1. The molecule has 0 radical (unpaired) electrons. The number of methoxy groups -OCH3 is 1. The first-order valence-corrected chi connectivity index (χ1v) is 9.14. The molecule has 1 fully saturated rings. The van der Waals surface area contributed by atoms with E-state index in [0.717, 1.165) is 24.2 Å². The summed E-state index contributed by atoms with van der Waals surface area (Å²) in [5, 5.41) is 12.3. The number of carbonyl (C=O) groups excluding carboxylic acids is 1. The minimum Gasteiger partial charge on any atom is -0.465 e. The molecule has 0 unspecified atom stereocenters. The highest BCUT2D eigenvalue weighted by molar-refractivity contribution is 7.07. The molecule has 136 valence electrons. The first-order chi connectivity index (χ1) is 12.6. The Hall–Kier alpha value is -2.63. The summed E-state index contributed by atoms with van der Waals surface area (Å²) in [6.07, 6.45) is 5.59. The van der Waals surface area contributed by atoms with Crippen LogP contribution in [-0.4, -0.2) is 30.2 Å². The van der Waals surface area contributed by atoms with Gasteiger partial charge in [-0.25, -0.2) is 0 Å². The normalized spacial score (nSPS) is 15.6. The van der Waals surface area contributed by atoms with Gasteiger partial charge in [-0.15, -0.1) is 11.3 Å². The summed E-state index contributed by atoms with van der Waals surface area (Å²) in [5.41, 5.74) is -0.278. The van der Waals surface area contributed by atoms with Crippen LogP contribution in [0.3, 0.4) is 0 Å².